The van der Waals surface area contributed by atoms with E-state index in [0.717, 1.165) is 34.1 Å². The number of fused-ring (bicyclic) bond motifs is 2. The van der Waals surface area contributed by atoms with Crippen molar-refractivity contribution in [3.63, 3.8) is 0 Å². The summed E-state index contributed by atoms with van der Waals surface area (Å²) in [4.78, 5) is 5.57. The van der Waals surface area contributed by atoms with Crippen LogP contribution in [-0.2, 0) is 4.74 Å². The van der Waals surface area contributed by atoms with E-state index in [2.05, 4.69) is 46.1 Å². The highest BCUT2D eigenvalue weighted by Gasteiger charge is 2.25. The van der Waals surface area contributed by atoms with Crippen LogP contribution >= 0.6 is 0 Å². The van der Waals surface area contributed by atoms with Crippen molar-refractivity contribution < 1.29 is 9.47 Å². The van der Waals surface area contributed by atoms with Crippen LogP contribution < -0.4 is 9.64 Å². The molecule has 190 valence electrons. The average Bonchev–Trinajstić information content (AvgIpc) is 2.94. The minimum absolute atomic E-state index is 0.0482. The summed E-state index contributed by atoms with van der Waals surface area (Å²) < 4.78 is 12.2. The molecule has 5 rings (SSSR count). The average molecular weight is 510 g/mol. The Morgan fingerprint density at radius 2 is 1.46 bits per heavy atom. The number of nitrogens with zero attached hydrogens (tertiary/aromatic N) is 3. The van der Waals surface area contributed by atoms with Gasteiger partial charge in [0.05, 0.1) is 24.0 Å². The van der Waals surface area contributed by atoms with E-state index in [1.807, 2.05) is 87.5 Å². The lowest BCUT2D eigenvalue weighted by Crippen LogP contribution is -2.15. The van der Waals surface area contributed by atoms with Gasteiger partial charge < -0.3 is 14.4 Å². The number of hydrogen-bond acceptors (Lipinski definition) is 4. The van der Waals surface area contributed by atoms with Gasteiger partial charge in [-0.15, -0.1) is 0 Å². The number of hydrogen-bond donors (Lipinski definition) is 0. The summed E-state index contributed by atoms with van der Waals surface area (Å²) in [6, 6.07) is 26.4. The number of rotatable bonds is 4. The largest absolute Gasteiger partial charge is 0.461 e. The van der Waals surface area contributed by atoms with E-state index in [1.165, 1.54) is 0 Å². The van der Waals surface area contributed by atoms with Crippen molar-refractivity contribution in [2.24, 2.45) is 5.41 Å². The van der Waals surface area contributed by atoms with Crippen molar-refractivity contribution in [2.45, 2.75) is 20.8 Å². The maximum Gasteiger partial charge on any atom is 0.269 e. The Morgan fingerprint density at radius 3 is 2.05 bits per heavy atom. The Balaban J connectivity index is 1.35. The van der Waals surface area contributed by atoms with Crippen LogP contribution in [0.4, 0.5) is 17.1 Å². The Bertz CT molecular complexity index is 1590. The molecule has 0 saturated heterocycles. The monoisotopic (exact) mass is 509 g/mol. The Labute approximate surface area is 229 Å². The van der Waals surface area contributed by atoms with E-state index in [1.54, 1.807) is 12.2 Å². The molecule has 0 bridgehead atoms. The van der Waals surface area contributed by atoms with Crippen molar-refractivity contribution in [3.8, 4) is 17.6 Å². The highest BCUT2D eigenvalue weighted by molar-refractivity contribution is 5.86. The molecule has 0 atom stereocenters. The standard InChI is InChI=1S/C34H27N3O2/c1-34(2,3)33-22-25(28(23-35)36-4)21-27(38-33)12-6-5-11-24-17-19-26(20-18-24)37-29-13-7-9-15-31(29)39-32-16-10-8-14-30(32)37/h5-22H,1-3H3/b11-5+,12-6+,28-25-. The van der Waals surface area contributed by atoms with Crippen molar-refractivity contribution in [2.75, 3.05) is 4.90 Å². The van der Waals surface area contributed by atoms with Crippen LogP contribution in [0.2, 0.25) is 0 Å². The zero-order valence-electron chi connectivity index (χ0n) is 22.1. The Hall–Kier alpha value is -5.26. The van der Waals surface area contributed by atoms with Crippen molar-refractivity contribution in [1.29, 1.82) is 5.26 Å². The van der Waals surface area contributed by atoms with E-state index in [4.69, 9.17) is 16.0 Å². The quantitative estimate of drug-likeness (QED) is 0.156. The second-order valence-corrected chi connectivity index (χ2v) is 10.1. The predicted molar refractivity (Wildman–Crippen MR) is 155 cm³/mol. The summed E-state index contributed by atoms with van der Waals surface area (Å²) in [6.45, 7) is 13.4. The van der Waals surface area contributed by atoms with Gasteiger partial charge in [-0.3, -0.25) is 0 Å². The first-order valence-corrected chi connectivity index (χ1v) is 12.6. The van der Waals surface area contributed by atoms with E-state index in [-0.39, 0.29) is 11.1 Å². The van der Waals surface area contributed by atoms with Crippen LogP contribution in [0, 0.1) is 23.3 Å². The molecule has 0 N–H and O–H groups in total. The van der Waals surface area contributed by atoms with Gasteiger partial charge in [0.1, 0.15) is 11.5 Å². The molecule has 0 amide bonds. The Kier molecular flexibility index (Phi) is 6.91. The van der Waals surface area contributed by atoms with Gasteiger partial charge in [0.15, 0.2) is 11.5 Å². The van der Waals surface area contributed by atoms with Gasteiger partial charge in [0.25, 0.3) is 5.70 Å². The Morgan fingerprint density at radius 1 is 0.846 bits per heavy atom. The van der Waals surface area contributed by atoms with Crippen LogP contribution in [0.3, 0.4) is 0 Å². The molecule has 5 nitrogen and oxygen atoms in total. The molecule has 0 radical (unpaired) electrons. The molecule has 3 aromatic carbocycles. The molecular weight excluding hydrogens is 482 g/mol. The first-order chi connectivity index (χ1) is 18.9. The van der Waals surface area contributed by atoms with Gasteiger partial charge in [-0.05, 0) is 65.8 Å². The zero-order chi connectivity index (χ0) is 27.4. The SMILES string of the molecule is [C-]#[N+]/C(C#N)=C1C=C(/C=C/C=C/c2ccc(N3c4ccccc4Oc4ccccc43)cc2)OC(C(C)(C)C)=C/1. The normalized spacial score (nSPS) is 15.8. The van der Waals surface area contributed by atoms with Gasteiger partial charge in [-0.2, -0.15) is 0 Å². The van der Waals surface area contributed by atoms with E-state index in [0.29, 0.717) is 17.1 Å². The summed E-state index contributed by atoms with van der Waals surface area (Å²) in [5, 5.41) is 9.33. The highest BCUT2D eigenvalue weighted by atomic mass is 16.5. The lowest BCUT2D eigenvalue weighted by atomic mass is 9.91. The van der Waals surface area contributed by atoms with Gasteiger partial charge in [0.2, 0.25) is 0 Å². The molecule has 2 aliphatic heterocycles. The van der Waals surface area contributed by atoms with Gasteiger partial charge in [-0.1, -0.05) is 75.4 Å². The fourth-order valence-electron chi connectivity index (χ4n) is 4.30. The van der Waals surface area contributed by atoms with Gasteiger partial charge >= 0.3 is 0 Å². The number of anilines is 3. The van der Waals surface area contributed by atoms with E-state index >= 15 is 0 Å². The molecule has 0 aliphatic carbocycles. The molecule has 2 aliphatic rings. The third kappa shape index (κ3) is 5.39. The fourth-order valence-corrected chi connectivity index (χ4v) is 4.30. The second kappa shape index (κ2) is 10.6. The number of nitriles is 1. The van der Waals surface area contributed by atoms with Crippen LogP contribution in [0.15, 0.2) is 126 Å². The van der Waals surface area contributed by atoms with Crippen LogP contribution in [0.25, 0.3) is 10.9 Å². The van der Waals surface area contributed by atoms with Gasteiger partial charge in [-0.25, -0.2) is 10.1 Å². The number of benzene rings is 3. The summed E-state index contributed by atoms with van der Waals surface area (Å²) in [6.07, 6.45) is 11.2. The zero-order valence-corrected chi connectivity index (χ0v) is 22.1. The summed E-state index contributed by atoms with van der Waals surface area (Å²) >= 11 is 0. The maximum absolute atomic E-state index is 9.33. The lowest BCUT2D eigenvalue weighted by molar-refractivity contribution is 0.223. The lowest BCUT2D eigenvalue weighted by Gasteiger charge is -2.32. The fraction of sp³-hybridized carbons (Fsp3) is 0.118. The highest BCUT2D eigenvalue weighted by Crippen LogP contribution is 2.49. The number of para-hydroxylation sites is 4. The third-order valence-electron chi connectivity index (χ3n) is 6.29. The number of ether oxygens (including phenoxy) is 2. The first kappa shape index (κ1) is 25.4. The van der Waals surface area contributed by atoms with Crippen LogP contribution in [0.1, 0.15) is 26.3 Å². The molecule has 5 heteroatoms. The minimum Gasteiger partial charge on any atom is -0.461 e. The topological polar surface area (TPSA) is 49.9 Å². The van der Waals surface area contributed by atoms with Crippen molar-refractivity contribution in [3.05, 3.63) is 143 Å². The first-order valence-electron chi connectivity index (χ1n) is 12.6. The molecule has 0 unspecified atom stereocenters. The predicted octanol–water partition coefficient (Wildman–Crippen LogP) is 9.37. The summed E-state index contributed by atoms with van der Waals surface area (Å²) in [5.41, 5.74) is 4.44. The van der Waals surface area contributed by atoms with Crippen molar-refractivity contribution >= 4 is 23.1 Å². The van der Waals surface area contributed by atoms with Crippen molar-refractivity contribution in [1.82, 2.24) is 0 Å². The summed E-state index contributed by atoms with van der Waals surface area (Å²) in [7, 11) is 0. The molecule has 2 heterocycles. The summed E-state index contributed by atoms with van der Waals surface area (Å²) in [5.74, 6) is 2.94. The van der Waals surface area contributed by atoms with Crippen LogP contribution in [-0.4, -0.2) is 0 Å². The third-order valence-corrected chi connectivity index (χ3v) is 6.29. The molecule has 3 aromatic rings. The van der Waals surface area contributed by atoms with Gasteiger partial charge in [0, 0.05) is 11.1 Å². The maximum atomic E-state index is 9.33. The van der Waals surface area contributed by atoms with E-state index < -0.39 is 0 Å². The van der Waals surface area contributed by atoms with E-state index in [9.17, 15) is 5.26 Å². The minimum atomic E-state index is -0.264. The molecule has 0 spiro atoms. The number of allylic oxidation sites excluding steroid dienone is 8. The molecule has 39 heavy (non-hydrogen) atoms. The molecule has 0 fully saturated rings. The smallest absolute Gasteiger partial charge is 0.269 e. The second-order valence-electron chi connectivity index (χ2n) is 10.1. The molecule has 0 aromatic heterocycles. The van der Waals surface area contributed by atoms with Crippen LogP contribution in [0.5, 0.6) is 11.5 Å². The molecular formula is C34H27N3O2. The molecule has 0 saturated carbocycles.